The Morgan fingerprint density at radius 2 is 1.52 bits per heavy atom. The van der Waals surface area contributed by atoms with Crippen LogP contribution in [0.1, 0.15) is 24.8 Å². The van der Waals surface area contributed by atoms with Gasteiger partial charge in [-0.3, -0.25) is 24.0 Å². The summed E-state index contributed by atoms with van der Waals surface area (Å²) < 4.78 is 0. The number of carboxylic acids is 2. The maximum atomic E-state index is 12.8. The van der Waals surface area contributed by atoms with Crippen LogP contribution >= 0.6 is 11.8 Å². The Kier molecular flexibility index (Phi) is 12.6. The van der Waals surface area contributed by atoms with Crippen LogP contribution in [0.5, 0.6) is 0 Å². The van der Waals surface area contributed by atoms with E-state index in [1.807, 2.05) is 6.07 Å². The van der Waals surface area contributed by atoms with Gasteiger partial charge in [-0.25, -0.2) is 0 Å². The number of nitrogens with two attached hydrogens (primary N) is 1. The van der Waals surface area contributed by atoms with E-state index in [0.29, 0.717) is 5.75 Å². The van der Waals surface area contributed by atoms with Crippen LogP contribution in [-0.2, 0) is 30.4 Å². The average Bonchev–Trinajstić information content (AvgIpc) is 2.77. The van der Waals surface area contributed by atoms with E-state index in [9.17, 15) is 24.0 Å². The normalized spacial score (nSPS) is 13.3. The van der Waals surface area contributed by atoms with E-state index in [4.69, 9.17) is 15.9 Å². The van der Waals surface area contributed by atoms with Gasteiger partial charge in [-0.05, 0) is 36.8 Å². The summed E-state index contributed by atoms with van der Waals surface area (Å²) in [5.74, 6) is -3.98. The zero-order valence-corrected chi connectivity index (χ0v) is 19.1. The van der Waals surface area contributed by atoms with Gasteiger partial charge in [0.2, 0.25) is 17.7 Å². The van der Waals surface area contributed by atoms with Gasteiger partial charge in [-0.1, -0.05) is 30.3 Å². The molecule has 0 radical (unpaired) electrons. The van der Waals surface area contributed by atoms with Gasteiger partial charge < -0.3 is 31.9 Å². The fraction of sp³-hybridized carbons (Fsp3) is 0.476. The molecule has 0 aliphatic heterocycles. The monoisotopic (exact) mass is 482 g/mol. The SMILES string of the molecule is CSCCC(NC(=O)C(CCC(=O)O)NC(=O)C(N)Cc1ccccc1)C(=O)NCC(=O)O. The van der Waals surface area contributed by atoms with Gasteiger partial charge in [-0.2, -0.15) is 11.8 Å². The maximum Gasteiger partial charge on any atom is 0.322 e. The molecule has 0 aliphatic carbocycles. The number of amides is 3. The first-order valence-corrected chi connectivity index (χ1v) is 11.6. The van der Waals surface area contributed by atoms with Crippen LogP contribution in [0.2, 0.25) is 0 Å². The van der Waals surface area contributed by atoms with Gasteiger partial charge in [0.15, 0.2) is 0 Å². The van der Waals surface area contributed by atoms with E-state index in [-0.39, 0.29) is 19.3 Å². The van der Waals surface area contributed by atoms with E-state index in [2.05, 4.69) is 16.0 Å². The van der Waals surface area contributed by atoms with Crippen molar-refractivity contribution in [2.24, 2.45) is 5.73 Å². The minimum atomic E-state index is -1.24. The fourth-order valence-corrected chi connectivity index (χ4v) is 3.31. The first-order valence-electron chi connectivity index (χ1n) is 10.2. The average molecular weight is 483 g/mol. The van der Waals surface area contributed by atoms with Crippen LogP contribution in [-0.4, -0.2) is 76.6 Å². The molecule has 3 atom stereocenters. The lowest BCUT2D eigenvalue weighted by Gasteiger charge is -2.24. The molecule has 0 heterocycles. The topological polar surface area (TPSA) is 188 Å². The molecule has 0 bridgehead atoms. The molecule has 0 saturated carbocycles. The van der Waals surface area contributed by atoms with Crippen molar-refractivity contribution in [3.63, 3.8) is 0 Å². The minimum absolute atomic E-state index is 0.211. The van der Waals surface area contributed by atoms with E-state index >= 15 is 0 Å². The molecule has 7 N–H and O–H groups in total. The highest BCUT2D eigenvalue weighted by atomic mass is 32.2. The highest BCUT2D eigenvalue weighted by molar-refractivity contribution is 7.98. The number of nitrogens with one attached hydrogen (secondary N) is 3. The summed E-state index contributed by atoms with van der Waals surface area (Å²) in [6.45, 7) is -0.613. The van der Waals surface area contributed by atoms with Gasteiger partial charge in [0.25, 0.3) is 0 Å². The first-order chi connectivity index (χ1) is 15.6. The Hall–Kier alpha value is -3.12. The van der Waals surface area contributed by atoms with E-state index < -0.39 is 60.8 Å². The molecule has 0 spiro atoms. The van der Waals surface area contributed by atoms with Crippen LogP contribution in [0.4, 0.5) is 0 Å². The largest absolute Gasteiger partial charge is 0.481 e. The molecule has 0 aromatic heterocycles. The third-order valence-electron chi connectivity index (χ3n) is 4.57. The lowest BCUT2D eigenvalue weighted by atomic mass is 10.0. The molecule has 1 rings (SSSR count). The number of benzene rings is 1. The van der Waals surface area contributed by atoms with E-state index in [1.165, 1.54) is 11.8 Å². The van der Waals surface area contributed by atoms with Crippen molar-refractivity contribution in [1.29, 1.82) is 0 Å². The second-order valence-electron chi connectivity index (χ2n) is 7.24. The molecule has 0 aliphatic rings. The van der Waals surface area contributed by atoms with Gasteiger partial charge in [0.1, 0.15) is 18.6 Å². The molecule has 11 nitrogen and oxygen atoms in total. The van der Waals surface area contributed by atoms with E-state index in [0.717, 1.165) is 5.56 Å². The third-order valence-corrected chi connectivity index (χ3v) is 5.22. The lowest BCUT2D eigenvalue weighted by molar-refractivity contribution is -0.138. The predicted octanol–water partition coefficient (Wildman–Crippen LogP) is -0.655. The fourth-order valence-electron chi connectivity index (χ4n) is 2.84. The number of carboxylic acid groups (broad SMARTS) is 2. The number of carbonyl (C=O) groups excluding carboxylic acids is 3. The van der Waals surface area contributed by atoms with Gasteiger partial charge in [-0.15, -0.1) is 0 Å². The Labute approximate surface area is 195 Å². The van der Waals surface area contributed by atoms with Crippen molar-refractivity contribution < 1.29 is 34.2 Å². The molecule has 3 unspecified atom stereocenters. The van der Waals surface area contributed by atoms with E-state index in [1.54, 1.807) is 30.5 Å². The van der Waals surface area contributed by atoms with Crippen LogP contribution in [0.25, 0.3) is 0 Å². The summed E-state index contributed by atoms with van der Waals surface area (Å²) in [7, 11) is 0. The predicted molar refractivity (Wildman–Crippen MR) is 122 cm³/mol. The Morgan fingerprint density at radius 1 is 0.909 bits per heavy atom. The number of rotatable bonds is 15. The van der Waals surface area contributed by atoms with Crippen molar-refractivity contribution in [2.45, 2.75) is 43.8 Å². The first kappa shape index (κ1) is 27.9. The van der Waals surface area contributed by atoms with Gasteiger partial charge in [0.05, 0.1) is 6.04 Å². The number of aliphatic carboxylic acids is 2. The zero-order valence-electron chi connectivity index (χ0n) is 18.3. The summed E-state index contributed by atoms with van der Waals surface area (Å²) in [6, 6.07) is 5.76. The molecule has 3 amide bonds. The van der Waals surface area contributed by atoms with Crippen LogP contribution < -0.4 is 21.7 Å². The minimum Gasteiger partial charge on any atom is -0.481 e. The summed E-state index contributed by atoms with van der Waals surface area (Å²) in [5, 5.41) is 24.9. The molecule has 33 heavy (non-hydrogen) atoms. The number of hydrogen-bond acceptors (Lipinski definition) is 7. The molecule has 1 aromatic carbocycles. The van der Waals surface area contributed by atoms with Crippen molar-refractivity contribution in [3.8, 4) is 0 Å². The lowest BCUT2D eigenvalue weighted by Crippen LogP contribution is -2.56. The Morgan fingerprint density at radius 3 is 2.09 bits per heavy atom. The summed E-state index contributed by atoms with van der Waals surface area (Å²) >= 11 is 1.43. The molecule has 182 valence electrons. The number of thioether (sulfide) groups is 1. The number of hydrogen-bond donors (Lipinski definition) is 6. The highest BCUT2D eigenvalue weighted by Gasteiger charge is 2.28. The molecule has 1 aromatic rings. The smallest absolute Gasteiger partial charge is 0.322 e. The Bertz CT molecular complexity index is 822. The second kappa shape index (κ2) is 14.9. The highest BCUT2D eigenvalue weighted by Crippen LogP contribution is 2.06. The van der Waals surface area contributed by atoms with Gasteiger partial charge >= 0.3 is 11.9 Å². The Balaban J connectivity index is 2.87. The second-order valence-corrected chi connectivity index (χ2v) is 8.23. The summed E-state index contributed by atoms with van der Waals surface area (Å²) in [6.07, 6.45) is 1.63. The van der Waals surface area contributed by atoms with Crippen molar-refractivity contribution in [2.75, 3.05) is 18.6 Å². The molecular formula is C21H30N4O7S. The zero-order chi connectivity index (χ0) is 24.8. The van der Waals surface area contributed by atoms with Crippen molar-refractivity contribution in [3.05, 3.63) is 35.9 Å². The molecule has 0 fully saturated rings. The summed E-state index contributed by atoms with van der Waals surface area (Å²) in [5.41, 5.74) is 6.77. The number of carbonyl (C=O) groups is 5. The summed E-state index contributed by atoms with van der Waals surface area (Å²) in [4.78, 5) is 59.4. The molecule has 0 saturated heterocycles. The van der Waals surface area contributed by atoms with Crippen molar-refractivity contribution in [1.82, 2.24) is 16.0 Å². The van der Waals surface area contributed by atoms with Crippen LogP contribution in [0, 0.1) is 0 Å². The third kappa shape index (κ3) is 11.3. The maximum absolute atomic E-state index is 12.8. The van der Waals surface area contributed by atoms with Crippen LogP contribution in [0.3, 0.4) is 0 Å². The quantitative estimate of drug-likeness (QED) is 0.189. The van der Waals surface area contributed by atoms with Crippen LogP contribution in [0.15, 0.2) is 30.3 Å². The van der Waals surface area contributed by atoms with Crippen molar-refractivity contribution >= 4 is 41.4 Å². The van der Waals surface area contributed by atoms with Gasteiger partial charge in [0, 0.05) is 6.42 Å². The molecular weight excluding hydrogens is 452 g/mol. The molecule has 12 heteroatoms. The standard InChI is InChI=1S/C21H30N4O7S/c1-33-10-9-16(20(31)23-12-18(28)29)25-21(32)15(7-8-17(26)27)24-19(30)14(22)11-13-5-3-2-4-6-13/h2-6,14-16H,7-12,22H2,1H3,(H,23,31)(H,24,30)(H,25,32)(H,26,27)(H,28,29).